The molecule has 1 aliphatic carbocycles. The van der Waals surface area contributed by atoms with Crippen LogP contribution >= 0.6 is 0 Å². The molecule has 0 atom stereocenters. The third-order valence-electron chi connectivity index (χ3n) is 2.47. The molecule has 1 aliphatic rings. The van der Waals surface area contributed by atoms with Gasteiger partial charge in [0.05, 0.1) is 11.1 Å². The van der Waals surface area contributed by atoms with E-state index in [-0.39, 0.29) is 0 Å². The Hall–Kier alpha value is -1.67. The van der Waals surface area contributed by atoms with Crippen molar-refractivity contribution in [1.29, 1.82) is 0 Å². The van der Waals surface area contributed by atoms with Crippen molar-refractivity contribution < 1.29 is 39.9 Å². The number of hydrogen-bond acceptors (Lipinski definition) is 1. The summed E-state index contributed by atoms with van der Waals surface area (Å²) < 4.78 is 104. The number of alkyl halides is 4. The Kier molecular flexibility index (Phi) is 2.28. The molecular formula is C9F8O. The van der Waals surface area contributed by atoms with E-state index >= 15 is 0 Å². The molecule has 0 spiro atoms. The zero-order chi connectivity index (χ0) is 14.0. The van der Waals surface area contributed by atoms with Crippen LogP contribution in [0.25, 0.3) is 0 Å². The van der Waals surface area contributed by atoms with Gasteiger partial charge in [-0.3, -0.25) is 4.79 Å². The maximum atomic E-state index is 13.1. The van der Waals surface area contributed by atoms with Crippen molar-refractivity contribution in [2.45, 2.75) is 11.8 Å². The lowest BCUT2D eigenvalue weighted by molar-refractivity contribution is -0.165. The van der Waals surface area contributed by atoms with Crippen LogP contribution in [0.5, 0.6) is 0 Å². The van der Waals surface area contributed by atoms with Crippen LogP contribution < -0.4 is 0 Å². The maximum Gasteiger partial charge on any atom is 0.340 e. The van der Waals surface area contributed by atoms with Gasteiger partial charge < -0.3 is 0 Å². The van der Waals surface area contributed by atoms with E-state index in [2.05, 4.69) is 0 Å². The number of hydrogen-bond donors (Lipinski definition) is 0. The lowest BCUT2D eigenvalue weighted by Gasteiger charge is -2.10. The Labute approximate surface area is 93.0 Å². The topological polar surface area (TPSA) is 17.1 Å². The second-order valence-electron chi connectivity index (χ2n) is 3.48. The molecule has 98 valence electrons. The molecule has 0 bridgehead atoms. The van der Waals surface area contributed by atoms with E-state index in [0.717, 1.165) is 0 Å². The molecule has 18 heavy (non-hydrogen) atoms. The lowest BCUT2D eigenvalue weighted by Crippen LogP contribution is -2.30. The average Bonchev–Trinajstić information content (AvgIpc) is 2.41. The SMILES string of the molecule is O=C1C(F)(F)c2c(F)c(F)c(F)c(F)c2C1(F)F. The maximum absolute atomic E-state index is 13.1. The second-order valence-corrected chi connectivity index (χ2v) is 3.48. The molecule has 0 fully saturated rings. The van der Waals surface area contributed by atoms with E-state index in [0.29, 0.717) is 0 Å². The summed E-state index contributed by atoms with van der Waals surface area (Å²) in [5.41, 5.74) is -4.93. The fraction of sp³-hybridized carbons (Fsp3) is 0.222. The zero-order valence-electron chi connectivity index (χ0n) is 7.93. The van der Waals surface area contributed by atoms with E-state index in [1.165, 1.54) is 0 Å². The number of halogens is 8. The number of Topliss-reactive ketones (excluding diaryl/α,β-unsaturated/α-hetero) is 1. The standard InChI is InChI=1S/C9F8O/c10-3-1-2(4(11)6(13)5(3)12)9(16,17)7(18)8(1,14)15. The van der Waals surface area contributed by atoms with Crippen LogP contribution in [0.3, 0.4) is 0 Å². The number of fused-ring (bicyclic) bond motifs is 1. The van der Waals surface area contributed by atoms with E-state index in [4.69, 9.17) is 0 Å². The molecule has 0 saturated heterocycles. The van der Waals surface area contributed by atoms with Gasteiger partial charge in [-0.15, -0.1) is 0 Å². The first-order valence-corrected chi connectivity index (χ1v) is 4.22. The minimum absolute atomic E-state index is 2.46. The van der Waals surface area contributed by atoms with Crippen molar-refractivity contribution in [2.75, 3.05) is 0 Å². The van der Waals surface area contributed by atoms with Crippen LogP contribution in [-0.2, 0) is 16.6 Å². The first kappa shape index (κ1) is 12.8. The Morgan fingerprint density at radius 1 is 0.611 bits per heavy atom. The molecule has 0 amide bonds. The molecule has 2 rings (SSSR count). The van der Waals surface area contributed by atoms with Crippen LogP contribution in [0, 0.1) is 23.3 Å². The first-order chi connectivity index (χ1) is 8.04. The fourth-order valence-electron chi connectivity index (χ4n) is 1.65. The second kappa shape index (κ2) is 3.21. The largest absolute Gasteiger partial charge is 0.340 e. The van der Waals surface area contributed by atoms with Crippen LogP contribution in [0.2, 0.25) is 0 Å². The minimum Gasteiger partial charge on any atom is -0.285 e. The smallest absolute Gasteiger partial charge is 0.285 e. The van der Waals surface area contributed by atoms with Crippen molar-refractivity contribution in [3.8, 4) is 0 Å². The summed E-state index contributed by atoms with van der Waals surface area (Å²) in [7, 11) is 0. The summed E-state index contributed by atoms with van der Waals surface area (Å²) in [5, 5.41) is 0. The Morgan fingerprint density at radius 3 is 1.17 bits per heavy atom. The fourth-order valence-corrected chi connectivity index (χ4v) is 1.65. The third kappa shape index (κ3) is 1.19. The molecule has 0 aliphatic heterocycles. The highest BCUT2D eigenvalue weighted by atomic mass is 19.3. The van der Waals surface area contributed by atoms with Gasteiger partial charge in [0.1, 0.15) is 0 Å². The zero-order valence-corrected chi connectivity index (χ0v) is 7.93. The van der Waals surface area contributed by atoms with Gasteiger partial charge in [0.2, 0.25) is 0 Å². The van der Waals surface area contributed by atoms with Crippen LogP contribution in [0.15, 0.2) is 0 Å². The van der Waals surface area contributed by atoms with E-state index in [1.807, 2.05) is 0 Å². The summed E-state index contributed by atoms with van der Waals surface area (Å²) in [5.74, 6) is -24.2. The normalized spacial score (nSPS) is 20.1. The highest BCUT2D eigenvalue weighted by molar-refractivity contribution is 5.98. The van der Waals surface area contributed by atoms with Crippen molar-refractivity contribution >= 4 is 5.78 Å². The number of benzene rings is 1. The summed E-state index contributed by atoms with van der Waals surface area (Å²) in [4.78, 5) is 10.7. The summed E-state index contributed by atoms with van der Waals surface area (Å²) in [6.45, 7) is 0. The number of carbonyl (C=O) groups is 1. The monoisotopic (exact) mass is 276 g/mol. The highest BCUT2D eigenvalue weighted by Crippen LogP contribution is 2.53. The summed E-state index contributed by atoms with van der Waals surface area (Å²) >= 11 is 0. The summed E-state index contributed by atoms with van der Waals surface area (Å²) in [6, 6.07) is 0. The lowest BCUT2D eigenvalue weighted by atomic mass is 10.1. The van der Waals surface area contributed by atoms with Gasteiger partial charge in [-0.2, -0.15) is 17.6 Å². The van der Waals surface area contributed by atoms with Gasteiger partial charge in [0, 0.05) is 0 Å². The van der Waals surface area contributed by atoms with Gasteiger partial charge in [0.25, 0.3) is 5.78 Å². The minimum atomic E-state index is -5.13. The number of carbonyl (C=O) groups excluding carboxylic acids is 1. The van der Waals surface area contributed by atoms with Crippen molar-refractivity contribution in [2.24, 2.45) is 0 Å². The van der Waals surface area contributed by atoms with E-state index in [1.54, 1.807) is 0 Å². The van der Waals surface area contributed by atoms with Crippen molar-refractivity contribution in [1.82, 2.24) is 0 Å². The Bertz CT molecular complexity index is 528. The Morgan fingerprint density at radius 2 is 0.889 bits per heavy atom. The first-order valence-electron chi connectivity index (χ1n) is 4.22. The molecule has 1 aromatic rings. The van der Waals surface area contributed by atoms with E-state index < -0.39 is 52.0 Å². The summed E-state index contributed by atoms with van der Waals surface area (Å²) in [6.07, 6.45) is 0. The molecule has 9 heteroatoms. The molecular weight excluding hydrogens is 276 g/mol. The van der Waals surface area contributed by atoms with Crippen LogP contribution in [0.4, 0.5) is 35.1 Å². The molecule has 0 N–H and O–H groups in total. The molecule has 0 saturated carbocycles. The molecule has 0 unspecified atom stereocenters. The van der Waals surface area contributed by atoms with Crippen LogP contribution in [0.1, 0.15) is 11.1 Å². The van der Waals surface area contributed by atoms with Gasteiger partial charge in [-0.1, -0.05) is 0 Å². The predicted molar refractivity (Wildman–Crippen MR) is 39.1 cm³/mol. The van der Waals surface area contributed by atoms with Gasteiger partial charge in [-0.25, -0.2) is 17.6 Å². The predicted octanol–water partition coefficient (Wildman–Crippen LogP) is 3.01. The third-order valence-corrected chi connectivity index (χ3v) is 2.47. The van der Waals surface area contributed by atoms with Gasteiger partial charge in [-0.05, 0) is 0 Å². The molecule has 0 heterocycles. The van der Waals surface area contributed by atoms with Gasteiger partial charge >= 0.3 is 11.8 Å². The average molecular weight is 276 g/mol. The van der Waals surface area contributed by atoms with Crippen LogP contribution in [-0.4, -0.2) is 5.78 Å². The number of rotatable bonds is 0. The molecule has 0 radical (unpaired) electrons. The molecule has 1 nitrogen and oxygen atoms in total. The Balaban J connectivity index is 3.01. The van der Waals surface area contributed by atoms with E-state index in [9.17, 15) is 39.9 Å². The van der Waals surface area contributed by atoms with Gasteiger partial charge in [0.15, 0.2) is 23.3 Å². The molecule has 0 aromatic heterocycles. The molecule has 1 aromatic carbocycles. The van der Waals surface area contributed by atoms with Crippen molar-refractivity contribution in [3.63, 3.8) is 0 Å². The number of ketones is 1. The van der Waals surface area contributed by atoms with Crippen molar-refractivity contribution in [3.05, 3.63) is 34.4 Å². The quantitative estimate of drug-likeness (QED) is 0.404. The highest BCUT2D eigenvalue weighted by Gasteiger charge is 2.68.